The Balaban J connectivity index is 2.18. The Morgan fingerprint density at radius 3 is 2.89 bits per heavy atom. The van der Waals surface area contributed by atoms with Gasteiger partial charge in [-0.2, -0.15) is 0 Å². The SMILES string of the molecule is CCC1CCCN(c2ccc(C(C)=O)c(Cl)c2)C1. The van der Waals surface area contributed by atoms with E-state index in [9.17, 15) is 4.79 Å². The zero-order valence-corrected chi connectivity index (χ0v) is 11.8. The molecule has 0 bridgehead atoms. The molecular weight excluding hydrogens is 246 g/mol. The highest BCUT2D eigenvalue weighted by Gasteiger charge is 2.19. The maximum absolute atomic E-state index is 11.4. The van der Waals surface area contributed by atoms with E-state index in [0.29, 0.717) is 10.6 Å². The first kappa shape index (κ1) is 13.4. The number of benzene rings is 1. The summed E-state index contributed by atoms with van der Waals surface area (Å²) in [5.41, 5.74) is 1.76. The van der Waals surface area contributed by atoms with E-state index in [1.807, 2.05) is 18.2 Å². The molecule has 1 aromatic carbocycles. The topological polar surface area (TPSA) is 20.3 Å². The number of hydrogen-bond acceptors (Lipinski definition) is 2. The average Bonchev–Trinajstić information content (AvgIpc) is 2.38. The van der Waals surface area contributed by atoms with Crippen LogP contribution in [0.4, 0.5) is 5.69 Å². The third-order valence-electron chi connectivity index (χ3n) is 3.79. The van der Waals surface area contributed by atoms with E-state index in [4.69, 9.17) is 11.6 Å². The lowest BCUT2D eigenvalue weighted by molar-refractivity contribution is 0.101. The van der Waals surface area contributed by atoms with E-state index >= 15 is 0 Å². The molecule has 2 rings (SSSR count). The van der Waals surface area contributed by atoms with E-state index in [1.165, 1.54) is 19.3 Å². The number of anilines is 1. The minimum atomic E-state index is 0.0247. The number of rotatable bonds is 3. The van der Waals surface area contributed by atoms with Crippen LogP contribution in [0.5, 0.6) is 0 Å². The van der Waals surface area contributed by atoms with Crippen LogP contribution < -0.4 is 4.90 Å². The molecule has 1 aliphatic heterocycles. The van der Waals surface area contributed by atoms with Gasteiger partial charge >= 0.3 is 0 Å². The Morgan fingerprint density at radius 1 is 1.50 bits per heavy atom. The van der Waals surface area contributed by atoms with E-state index in [0.717, 1.165) is 24.7 Å². The van der Waals surface area contributed by atoms with Gasteiger partial charge in [-0.25, -0.2) is 0 Å². The van der Waals surface area contributed by atoms with Crippen LogP contribution in [0.2, 0.25) is 5.02 Å². The second kappa shape index (κ2) is 5.75. The summed E-state index contributed by atoms with van der Waals surface area (Å²) in [5.74, 6) is 0.807. The molecule has 1 fully saturated rings. The highest BCUT2D eigenvalue weighted by Crippen LogP contribution is 2.28. The van der Waals surface area contributed by atoms with Crippen molar-refractivity contribution in [1.82, 2.24) is 0 Å². The molecule has 0 aromatic heterocycles. The van der Waals surface area contributed by atoms with Gasteiger partial charge in [0.15, 0.2) is 5.78 Å². The second-order valence-electron chi connectivity index (χ2n) is 5.08. The molecule has 98 valence electrons. The van der Waals surface area contributed by atoms with Crippen LogP contribution in [0, 0.1) is 5.92 Å². The van der Waals surface area contributed by atoms with Gasteiger partial charge in [-0.1, -0.05) is 24.9 Å². The number of carbonyl (C=O) groups excluding carboxylic acids is 1. The molecule has 18 heavy (non-hydrogen) atoms. The van der Waals surface area contributed by atoms with Crippen molar-refractivity contribution >= 4 is 23.1 Å². The Kier molecular flexibility index (Phi) is 4.28. The number of piperidine rings is 1. The van der Waals surface area contributed by atoms with E-state index in [2.05, 4.69) is 11.8 Å². The normalized spacial score (nSPS) is 19.9. The lowest BCUT2D eigenvalue weighted by atomic mass is 9.95. The summed E-state index contributed by atoms with van der Waals surface area (Å²) in [7, 11) is 0. The lowest BCUT2D eigenvalue weighted by Crippen LogP contribution is -2.35. The summed E-state index contributed by atoms with van der Waals surface area (Å²) >= 11 is 6.17. The van der Waals surface area contributed by atoms with Crippen molar-refractivity contribution in [3.05, 3.63) is 28.8 Å². The van der Waals surface area contributed by atoms with Crippen molar-refractivity contribution in [2.75, 3.05) is 18.0 Å². The van der Waals surface area contributed by atoms with E-state index < -0.39 is 0 Å². The second-order valence-corrected chi connectivity index (χ2v) is 5.49. The Bertz CT molecular complexity index is 444. The summed E-state index contributed by atoms with van der Waals surface area (Å²) in [6.07, 6.45) is 3.80. The molecule has 3 heteroatoms. The smallest absolute Gasteiger partial charge is 0.161 e. The maximum atomic E-state index is 11.4. The highest BCUT2D eigenvalue weighted by molar-refractivity contribution is 6.34. The fourth-order valence-electron chi connectivity index (χ4n) is 2.62. The molecule has 1 unspecified atom stereocenters. The van der Waals surface area contributed by atoms with Gasteiger partial charge in [-0.15, -0.1) is 0 Å². The average molecular weight is 266 g/mol. The third-order valence-corrected chi connectivity index (χ3v) is 4.11. The predicted octanol–water partition coefficient (Wildman–Crippen LogP) is 4.17. The molecule has 2 nitrogen and oxygen atoms in total. The van der Waals surface area contributed by atoms with Crippen molar-refractivity contribution < 1.29 is 4.79 Å². The molecule has 0 saturated carbocycles. The molecule has 1 atom stereocenters. The van der Waals surface area contributed by atoms with Crippen LogP contribution >= 0.6 is 11.6 Å². The summed E-state index contributed by atoms with van der Waals surface area (Å²) in [5, 5.41) is 0.568. The van der Waals surface area contributed by atoms with Crippen molar-refractivity contribution in [3.8, 4) is 0 Å². The lowest BCUT2D eigenvalue weighted by Gasteiger charge is -2.34. The van der Waals surface area contributed by atoms with Gasteiger partial charge in [0.25, 0.3) is 0 Å². The first-order valence-electron chi connectivity index (χ1n) is 6.67. The quantitative estimate of drug-likeness (QED) is 0.765. The Hall–Kier alpha value is -1.02. The van der Waals surface area contributed by atoms with Gasteiger partial charge < -0.3 is 4.90 Å². The van der Waals surface area contributed by atoms with Crippen molar-refractivity contribution in [2.24, 2.45) is 5.92 Å². The molecule has 0 spiro atoms. The molecule has 0 amide bonds. The largest absolute Gasteiger partial charge is 0.371 e. The molecule has 1 aromatic rings. The number of nitrogens with zero attached hydrogens (tertiary/aromatic N) is 1. The number of carbonyl (C=O) groups is 1. The highest BCUT2D eigenvalue weighted by atomic mass is 35.5. The molecule has 1 saturated heterocycles. The van der Waals surface area contributed by atoms with Gasteiger partial charge in [0.05, 0.1) is 5.02 Å². The number of halogens is 1. The predicted molar refractivity (Wildman–Crippen MR) is 76.7 cm³/mol. The zero-order chi connectivity index (χ0) is 13.1. The van der Waals surface area contributed by atoms with Gasteiger partial charge in [0.1, 0.15) is 0 Å². The first-order chi connectivity index (χ1) is 8.61. The number of hydrogen-bond donors (Lipinski definition) is 0. The van der Waals surface area contributed by atoms with E-state index in [1.54, 1.807) is 6.92 Å². The van der Waals surface area contributed by atoms with Crippen LogP contribution in [0.3, 0.4) is 0 Å². The van der Waals surface area contributed by atoms with Crippen LogP contribution in [-0.4, -0.2) is 18.9 Å². The van der Waals surface area contributed by atoms with Crippen LogP contribution in [0.25, 0.3) is 0 Å². The van der Waals surface area contributed by atoms with Gasteiger partial charge in [0, 0.05) is 24.3 Å². The van der Waals surface area contributed by atoms with Crippen molar-refractivity contribution in [1.29, 1.82) is 0 Å². The fraction of sp³-hybridized carbons (Fsp3) is 0.533. The van der Waals surface area contributed by atoms with Crippen LogP contribution in [-0.2, 0) is 0 Å². The Labute approximate surface area is 114 Å². The van der Waals surface area contributed by atoms with Gasteiger partial charge in [-0.05, 0) is 43.9 Å². The van der Waals surface area contributed by atoms with Crippen molar-refractivity contribution in [3.63, 3.8) is 0 Å². The molecule has 0 radical (unpaired) electrons. The first-order valence-corrected chi connectivity index (χ1v) is 7.05. The standard InChI is InChI=1S/C15H20ClNO/c1-3-12-5-4-8-17(10-12)13-6-7-14(11(2)18)15(16)9-13/h6-7,9,12H,3-5,8,10H2,1-2H3. The summed E-state index contributed by atoms with van der Waals surface area (Å²) in [6, 6.07) is 5.78. The maximum Gasteiger partial charge on any atom is 0.161 e. The van der Waals surface area contributed by atoms with Gasteiger partial charge in [-0.3, -0.25) is 4.79 Å². The Morgan fingerprint density at radius 2 is 2.28 bits per heavy atom. The van der Waals surface area contributed by atoms with E-state index in [-0.39, 0.29) is 5.78 Å². The van der Waals surface area contributed by atoms with Crippen LogP contribution in [0.15, 0.2) is 18.2 Å². The minimum Gasteiger partial charge on any atom is -0.371 e. The molecule has 0 aliphatic carbocycles. The number of Topliss-reactive ketones (excluding diaryl/α,β-unsaturated/α-hetero) is 1. The summed E-state index contributed by atoms with van der Waals surface area (Å²) in [6.45, 7) is 5.99. The zero-order valence-electron chi connectivity index (χ0n) is 11.1. The molecular formula is C15H20ClNO. The third kappa shape index (κ3) is 2.86. The summed E-state index contributed by atoms with van der Waals surface area (Å²) in [4.78, 5) is 13.7. The summed E-state index contributed by atoms with van der Waals surface area (Å²) < 4.78 is 0. The minimum absolute atomic E-state index is 0.0247. The van der Waals surface area contributed by atoms with Crippen LogP contribution in [0.1, 0.15) is 43.5 Å². The fourth-order valence-corrected chi connectivity index (χ4v) is 2.93. The molecule has 1 aliphatic rings. The van der Waals surface area contributed by atoms with Gasteiger partial charge in [0.2, 0.25) is 0 Å². The monoisotopic (exact) mass is 265 g/mol. The molecule has 0 N–H and O–H groups in total. The van der Waals surface area contributed by atoms with Crippen molar-refractivity contribution in [2.45, 2.75) is 33.1 Å². The molecule has 1 heterocycles. The number of ketones is 1.